The van der Waals surface area contributed by atoms with Gasteiger partial charge in [-0.2, -0.15) is 0 Å². The average Bonchev–Trinajstić information content (AvgIpc) is 2.51. The van der Waals surface area contributed by atoms with E-state index in [1.165, 1.54) is 13.0 Å². The van der Waals surface area contributed by atoms with Gasteiger partial charge < -0.3 is 0 Å². The molecule has 2 aliphatic carbocycles. The summed E-state index contributed by atoms with van der Waals surface area (Å²) in [7, 11) is 0. The summed E-state index contributed by atoms with van der Waals surface area (Å²) in [6.07, 6.45) is 2.13. The van der Waals surface area contributed by atoms with Crippen molar-refractivity contribution in [2.75, 3.05) is 0 Å². The van der Waals surface area contributed by atoms with E-state index in [4.69, 9.17) is 0 Å². The lowest BCUT2D eigenvalue weighted by Crippen LogP contribution is -2.12. The molecule has 13 heavy (non-hydrogen) atoms. The van der Waals surface area contributed by atoms with Crippen molar-refractivity contribution in [2.24, 2.45) is 11.8 Å². The zero-order chi connectivity index (χ0) is 9.59. The highest BCUT2D eigenvalue weighted by Crippen LogP contribution is 2.40. The molecule has 68 valence electrons. The maximum Gasteiger partial charge on any atom is 0.160 e. The van der Waals surface area contributed by atoms with E-state index >= 15 is 0 Å². The van der Waals surface area contributed by atoms with E-state index in [1.54, 1.807) is 0 Å². The van der Waals surface area contributed by atoms with Crippen LogP contribution in [-0.4, -0.2) is 17.3 Å². The van der Waals surface area contributed by atoms with Crippen LogP contribution in [0.1, 0.15) is 19.8 Å². The Morgan fingerprint density at radius 2 is 1.92 bits per heavy atom. The second-order valence-corrected chi connectivity index (χ2v) is 3.72. The summed E-state index contributed by atoms with van der Waals surface area (Å²) < 4.78 is 0. The molecule has 1 fully saturated rings. The normalized spacial score (nSPS) is 31.9. The Hall–Kier alpha value is -1.25. The molecular formula is C10H10O3. The summed E-state index contributed by atoms with van der Waals surface area (Å²) in [4.78, 5) is 33.5. The minimum absolute atomic E-state index is 0.0407. The molecule has 3 nitrogen and oxygen atoms in total. The highest BCUT2D eigenvalue weighted by molar-refractivity contribution is 6.10. The zero-order valence-corrected chi connectivity index (χ0v) is 7.37. The van der Waals surface area contributed by atoms with Gasteiger partial charge in [0, 0.05) is 30.3 Å². The number of rotatable bonds is 1. The number of Topliss-reactive ketones (excluding diaryl/α,β-unsaturated/α-hetero) is 2. The van der Waals surface area contributed by atoms with Crippen molar-refractivity contribution in [3.63, 3.8) is 0 Å². The third kappa shape index (κ3) is 1.15. The highest BCUT2D eigenvalue weighted by atomic mass is 16.1. The van der Waals surface area contributed by atoms with Gasteiger partial charge in [-0.15, -0.1) is 0 Å². The van der Waals surface area contributed by atoms with Crippen LogP contribution in [0, 0.1) is 11.8 Å². The molecule has 0 unspecified atom stereocenters. The Bertz CT molecular complexity index is 338. The monoisotopic (exact) mass is 178 g/mol. The molecule has 0 aromatic carbocycles. The van der Waals surface area contributed by atoms with E-state index in [0.29, 0.717) is 18.4 Å². The van der Waals surface area contributed by atoms with E-state index < -0.39 is 0 Å². The minimum atomic E-state index is -0.216. The van der Waals surface area contributed by atoms with Gasteiger partial charge in [0.25, 0.3) is 0 Å². The molecule has 0 N–H and O–H groups in total. The Labute approximate surface area is 75.8 Å². The highest BCUT2D eigenvalue weighted by Gasteiger charge is 2.44. The van der Waals surface area contributed by atoms with Gasteiger partial charge in [-0.25, -0.2) is 0 Å². The molecule has 3 heteroatoms. The lowest BCUT2D eigenvalue weighted by molar-refractivity contribution is -0.121. The third-order valence-corrected chi connectivity index (χ3v) is 2.85. The summed E-state index contributed by atoms with van der Waals surface area (Å²) in [5.74, 6) is -0.323. The van der Waals surface area contributed by atoms with Crippen LogP contribution in [0.4, 0.5) is 0 Å². The van der Waals surface area contributed by atoms with E-state index in [1.807, 2.05) is 0 Å². The minimum Gasteiger partial charge on any atom is -0.300 e. The fourth-order valence-corrected chi connectivity index (χ4v) is 2.21. The molecule has 0 radical (unpaired) electrons. The Kier molecular flexibility index (Phi) is 1.68. The summed E-state index contributed by atoms with van der Waals surface area (Å²) in [6, 6.07) is 0. The van der Waals surface area contributed by atoms with E-state index in [-0.39, 0.29) is 29.2 Å². The Morgan fingerprint density at radius 1 is 1.31 bits per heavy atom. The molecule has 0 aromatic heterocycles. The Morgan fingerprint density at radius 3 is 2.54 bits per heavy atom. The van der Waals surface area contributed by atoms with Gasteiger partial charge in [0.1, 0.15) is 5.78 Å². The van der Waals surface area contributed by atoms with Crippen LogP contribution in [-0.2, 0) is 14.4 Å². The maximum atomic E-state index is 11.3. The molecule has 2 aliphatic rings. The molecule has 0 heterocycles. The molecule has 0 aromatic rings. The number of hydrogen-bond acceptors (Lipinski definition) is 3. The summed E-state index contributed by atoms with van der Waals surface area (Å²) in [6.45, 7) is 1.45. The summed E-state index contributed by atoms with van der Waals surface area (Å²) >= 11 is 0. The van der Waals surface area contributed by atoms with E-state index in [9.17, 15) is 14.4 Å². The van der Waals surface area contributed by atoms with Gasteiger partial charge >= 0.3 is 0 Å². The number of fused-ring (bicyclic) bond motifs is 1. The molecular weight excluding hydrogens is 168 g/mol. The predicted octanol–water partition coefficient (Wildman–Crippen LogP) is 0.680. The topological polar surface area (TPSA) is 51.2 Å². The van der Waals surface area contributed by atoms with Crippen LogP contribution in [0.3, 0.4) is 0 Å². The first-order chi connectivity index (χ1) is 6.09. The molecule has 0 aliphatic heterocycles. The second kappa shape index (κ2) is 2.62. The van der Waals surface area contributed by atoms with Crippen LogP contribution in [0.2, 0.25) is 0 Å². The molecule has 0 amide bonds. The standard InChI is InChI=1S/C10H10O3/c1-5(11)7-4-10(13)9-3-6(12)2-8(7)9/h4,8-9H,2-3H2,1H3/t8-,9-/m1/s1. The quantitative estimate of drug-likeness (QED) is 0.593. The van der Waals surface area contributed by atoms with Crippen LogP contribution >= 0.6 is 0 Å². The van der Waals surface area contributed by atoms with Crippen molar-refractivity contribution in [1.29, 1.82) is 0 Å². The first-order valence-corrected chi connectivity index (χ1v) is 4.37. The number of ketones is 3. The molecule has 0 saturated heterocycles. The van der Waals surface area contributed by atoms with E-state index in [0.717, 1.165) is 0 Å². The summed E-state index contributed by atoms with van der Waals surface area (Å²) in [5, 5.41) is 0. The number of carbonyl (C=O) groups is 3. The lowest BCUT2D eigenvalue weighted by Gasteiger charge is -2.08. The van der Waals surface area contributed by atoms with Crippen molar-refractivity contribution < 1.29 is 14.4 Å². The average molecular weight is 178 g/mol. The van der Waals surface area contributed by atoms with Gasteiger partial charge in [0.15, 0.2) is 11.6 Å². The van der Waals surface area contributed by atoms with Crippen LogP contribution in [0.25, 0.3) is 0 Å². The number of allylic oxidation sites excluding steroid dienone is 2. The molecule has 2 atom stereocenters. The van der Waals surface area contributed by atoms with Crippen molar-refractivity contribution in [2.45, 2.75) is 19.8 Å². The van der Waals surface area contributed by atoms with Crippen LogP contribution in [0.5, 0.6) is 0 Å². The largest absolute Gasteiger partial charge is 0.300 e. The first kappa shape index (κ1) is 8.35. The SMILES string of the molecule is CC(=O)C1=CC(=O)[C@@H]2CC(=O)C[C@H]12. The summed E-state index contributed by atoms with van der Waals surface area (Å²) in [5.41, 5.74) is 0.556. The maximum absolute atomic E-state index is 11.3. The van der Waals surface area contributed by atoms with Crippen molar-refractivity contribution in [3.8, 4) is 0 Å². The van der Waals surface area contributed by atoms with Crippen LogP contribution in [0.15, 0.2) is 11.6 Å². The second-order valence-electron chi connectivity index (χ2n) is 3.72. The number of hydrogen-bond donors (Lipinski definition) is 0. The lowest BCUT2D eigenvalue weighted by atomic mass is 9.93. The first-order valence-electron chi connectivity index (χ1n) is 4.37. The zero-order valence-electron chi connectivity index (χ0n) is 7.37. The van der Waals surface area contributed by atoms with Crippen molar-refractivity contribution in [3.05, 3.63) is 11.6 Å². The predicted molar refractivity (Wildman–Crippen MR) is 45.0 cm³/mol. The number of carbonyl (C=O) groups excluding carboxylic acids is 3. The van der Waals surface area contributed by atoms with Crippen molar-refractivity contribution in [1.82, 2.24) is 0 Å². The molecule has 0 spiro atoms. The fraction of sp³-hybridized carbons (Fsp3) is 0.500. The van der Waals surface area contributed by atoms with Gasteiger partial charge in [-0.3, -0.25) is 14.4 Å². The van der Waals surface area contributed by atoms with Gasteiger partial charge in [0.2, 0.25) is 0 Å². The smallest absolute Gasteiger partial charge is 0.160 e. The van der Waals surface area contributed by atoms with Gasteiger partial charge in [-0.05, 0) is 13.0 Å². The molecule has 2 rings (SSSR count). The third-order valence-electron chi connectivity index (χ3n) is 2.85. The van der Waals surface area contributed by atoms with Crippen LogP contribution < -0.4 is 0 Å². The fourth-order valence-electron chi connectivity index (χ4n) is 2.21. The Balaban J connectivity index is 2.33. The van der Waals surface area contributed by atoms with Gasteiger partial charge in [0.05, 0.1) is 0 Å². The van der Waals surface area contributed by atoms with Crippen molar-refractivity contribution >= 4 is 17.3 Å². The molecule has 1 saturated carbocycles. The van der Waals surface area contributed by atoms with E-state index in [2.05, 4.69) is 0 Å². The van der Waals surface area contributed by atoms with Gasteiger partial charge in [-0.1, -0.05) is 0 Å². The molecule has 0 bridgehead atoms.